The van der Waals surface area contributed by atoms with Crippen LogP contribution in [0.4, 0.5) is 0 Å². The maximum Gasteiger partial charge on any atom is 0.136 e. The highest BCUT2D eigenvalue weighted by Gasteiger charge is 2.28. The summed E-state index contributed by atoms with van der Waals surface area (Å²) in [7, 11) is 0. The molecule has 0 spiro atoms. The minimum absolute atomic E-state index is 0.345. The van der Waals surface area contributed by atoms with Crippen molar-refractivity contribution in [3.05, 3.63) is 78.4 Å². The first-order chi connectivity index (χ1) is 14.7. The molecule has 1 atom stereocenters. The maximum atomic E-state index is 11.8. The number of Topliss-reactive ketones (excluding diaryl/α,β-unsaturated/α-hetero) is 1. The number of hydrogen-bond donors (Lipinski definition) is 1. The number of aliphatic hydroxyl groups is 1. The summed E-state index contributed by atoms with van der Waals surface area (Å²) >= 11 is 0. The topological polar surface area (TPSA) is 46.5 Å². The molecule has 0 heterocycles. The molecule has 0 bridgehead atoms. The average Bonchev–Trinajstić information content (AvgIpc) is 3.60. The normalized spacial score (nSPS) is 15.7. The van der Waals surface area contributed by atoms with Gasteiger partial charge in [0.25, 0.3) is 0 Å². The summed E-state index contributed by atoms with van der Waals surface area (Å²) in [4.78, 5) is 11.8. The van der Waals surface area contributed by atoms with Gasteiger partial charge in [-0.15, -0.1) is 0 Å². The number of hydrogen-bond acceptors (Lipinski definition) is 3. The van der Waals surface area contributed by atoms with Gasteiger partial charge in [0, 0.05) is 18.8 Å². The second-order valence-electron chi connectivity index (χ2n) is 7.74. The number of aliphatic hydroxyl groups excluding tert-OH is 1. The van der Waals surface area contributed by atoms with Gasteiger partial charge < -0.3 is 9.84 Å². The van der Waals surface area contributed by atoms with Crippen LogP contribution in [0.3, 0.4) is 0 Å². The number of aryl methyl sites for hydroxylation is 1. The Hall–Kier alpha value is -2.39. The fraction of sp³-hybridized carbons (Fsp3) is 0.444. The lowest BCUT2D eigenvalue weighted by molar-refractivity contribution is -0.120. The molecular formula is C27H36O3. The Morgan fingerprint density at radius 3 is 2.53 bits per heavy atom. The molecule has 0 saturated heterocycles. The molecule has 0 amide bonds. The van der Waals surface area contributed by atoms with Crippen LogP contribution in [-0.2, 0) is 11.2 Å². The van der Waals surface area contributed by atoms with Gasteiger partial charge in [0.15, 0.2) is 0 Å². The number of ketones is 1. The van der Waals surface area contributed by atoms with E-state index in [1.807, 2.05) is 48.6 Å². The van der Waals surface area contributed by atoms with Crippen LogP contribution < -0.4 is 4.74 Å². The smallest absolute Gasteiger partial charge is 0.136 e. The second kappa shape index (κ2) is 14.6. The van der Waals surface area contributed by atoms with Crippen molar-refractivity contribution in [1.82, 2.24) is 0 Å². The Morgan fingerprint density at radius 1 is 1.07 bits per heavy atom. The van der Waals surface area contributed by atoms with Gasteiger partial charge in [0.1, 0.15) is 11.5 Å². The van der Waals surface area contributed by atoms with E-state index in [2.05, 4.69) is 25.2 Å². The lowest BCUT2D eigenvalue weighted by Crippen LogP contribution is -2.09. The number of carbonyl (C=O) groups excluding carboxylic acids is 1. The lowest BCUT2D eigenvalue weighted by Gasteiger charge is -2.09. The third kappa shape index (κ3) is 11.0. The van der Waals surface area contributed by atoms with Crippen molar-refractivity contribution < 1.29 is 14.6 Å². The number of benzene rings is 1. The van der Waals surface area contributed by atoms with Gasteiger partial charge in [-0.05, 0) is 56.2 Å². The Labute approximate surface area is 181 Å². The molecule has 162 valence electrons. The van der Waals surface area contributed by atoms with Gasteiger partial charge >= 0.3 is 0 Å². The quantitative estimate of drug-likeness (QED) is 0.215. The standard InChI is InChI=1S/C27H36O3/c1-2-3-4-5-6-7-8-9-10-11-12-25(28)21-22-30-26-18-13-23(14-19-26)15-20-27(29)24-16-17-24/h3-4,7-14,18-19,24-25,28H,2,5-6,15-17,20-22H2,1H3/b4-3-,8-7+,10-9-,12-11+/t25-/m1/s1. The zero-order valence-electron chi connectivity index (χ0n) is 18.2. The van der Waals surface area contributed by atoms with Crippen LogP contribution >= 0.6 is 0 Å². The molecule has 0 aliphatic heterocycles. The van der Waals surface area contributed by atoms with Crippen molar-refractivity contribution in [3.8, 4) is 5.75 Å². The summed E-state index contributed by atoms with van der Waals surface area (Å²) < 4.78 is 5.71. The third-order valence-corrected chi connectivity index (χ3v) is 5.00. The van der Waals surface area contributed by atoms with Gasteiger partial charge in [-0.25, -0.2) is 0 Å². The minimum atomic E-state index is -0.523. The van der Waals surface area contributed by atoms with E-state index in [-0.39, 0.29) is 0 Å². The summed E-state index contributed by atoms with van der Waals surface area (Å²) in [6.07, 6.45) is 23.0. The van der Waals surface area contributed by atoms with Gasteiger partial charge in [0.2, 0.25) is 0 Å². The van der Waals surface area contributed by atoms with Crippen molar-refractivity contribution in [3.63, 3.8) is 0 Å². The number of rotatable bonds is 15. The molecule has 1 aromatic carbocycles. The number of unbranched alkanes of at least 4 members (excludes halogenated alkanes) is 1. The monoisotopic (exact) mass is 408 g/mol. The Kier molecular flexibility index (Phi) is 11.6. The summed E-state index contributed by atoms with van der Waals surface area (Å²) in [6, 6.07) is 7.91. The molecule has 2 rings (SSSR count). The van der Waals surface area contributed by atoms with Crippen molar-refractivity contribution in [2.45, 2.75) is 64.4 Å². The van der Waals surface area contributed by atoms with E-state index in [0.29, 0.717) is 31.1 Å². The third-order valence-electron chi connectivity index (χ3n) is 5.00. The van der Waals surface area contributed by atoms with Crippen molar-refractivity contribution in [2.75, 3.05) is 6.61 Å². The molecule has 30 heavy (non-hydrogen) atoms. The minimum Gasteiger partial charge on any atom is -0.493 e. The van der Waals surface area contributed by atoms with E-state index < -0.39 is 6.10 Å². The van der Waals surface area contributed by atoms with Crippen molar-refractivity contribution in [2.24, 2.45) is 5.92 Å². The van der Waals surface area contributed by atoms with Crippen LogP contribution in [0.1, 0.15) is 57.4 Å². The largest absolute Gasteiger partial charge is 0.493 e. The van der Waals surface area contributed by atoms with E-state index in [1.165, 1.54) is 0 Å². The van der Waals surface area contributed by atoms with Crippen LogP contribution in [0.15, 0.2) is 72.9 Å². The highest BCUT2D eigenvalue weighted by atomic mass is 16.5. The SMILES string of the molecule is CC/C=C\CC/C=C/C=C\C=C\[C@@H](O)CCOc1ccc(CCC(=O)C2CC2)cc1. The average molecular weight is 409 g/mol. The zero-order chi connectivity index (χ0) is 21.4. The number of allylic oxidation sites excluding steroid dienone is 7. The van der Waals surface area contributed by atoms with Gasteiger partial charge in [-0.3, -0.25) is 4.79 Å². The Balaban J connectivity index is 1.56. The molecule has 0 aromatic heterocycles. The molecule has 1 aromatic rings. The van der Waals surface area contributed by atoms with Crippen LogP contribution in [0.2, 0.25) is 0 Å². The van der Waals surface area contributed by atoms with Crippen molar-refractivity contribution in [1.29, 1.82) is 0 Å². The first-order valence-corrected chi connectivity index (χ1v) is 11.3. The highest BCUT2D eigenvalue weighted by Crippen LogP contribution is 2.31. The fourth-order valence-corrected chi connectivity index (χ4v) is 3.00. The van der Waals surface area contributed by atoms with Gasteiger partial charge in [-0.1, -0.05) is 67.7 Å². The van der Waals surface area contributed by atoms with E-state index in [4.69, 9.17) is 4.74 Å². The molecule has 3 heteroatoms. The Bertz CT molecular complexity index is 721. The summed E-state index contributed by atoms with van der Waals surface area (Å²) in [5.41, 5.74) is 1.16. The van der Waals surface area contributed by atoms with Crippen LogP contribution in [0.5, 0.6) is 5.75 Å². The fourth-order valence-electron chi connectivity index (χ4n) is 3.00. The van der Waals surface area contributed by atoms with E-state index >= 15 is 0 Å². The predicted molar refractivity (Wildman–Crippen MR) is 125 cm³/mol. The van der Waals surface area contributed by atoms with E-state index in [9.17, 15) is 9.90 Å². The summed E-state index contributed by atoms with van der Waals surface area (Å²) in [5, 5.41) is 10.0. The van der Waals surface area contributed by atoms with Gasteiger partial charge in [-0.2, -0.15) is 0 Å². The van der Waals surface area contributed by atoms with Crippen LogP contribution in [0, 0.1) is 5.92 Å². The second-order valence-corrected chi connectivity index (χ2v) is 7.74. The summed E-state index contributed by atoms with van der Waals surface area (Å²) in [6.45, 7) is 2.60. The van der Waals surface area contributed by atoms with E-state index in [0.717, 1.165) is 49.8 Å². The molecule has 1 aliphatic rings. The molecule has 0 radical (unpaired) electrons. The molecule has 1 fully saturated rings. The number of ether oxygens (including phenoxy) is 1. The molecule has 3 nitrogen and oxygen atoms in total. The Morgan fingerprint density at radius 2 is 1.80 bits per heavy atom. The summed E-state index contributed by atoms with van der Waals surface area (Å²) in [5.74, 6) is 1.54. The van der Waals surface area contributed by atoms with E-state index in [1.54, 1.807) is 6.08 Å². The van der Waals surface area contributed by atoms with Crippen LogP contribution in [-0.4, -0.2) is 23.6 Å². The maximum absolute atomic E-state index is 11.8. The number of carbonyl (C=O) groups is 1. The van der Waals surface area contributed by atoms with Crippen molar-refractivity contribution >= 4 is 5.78 Å². The molecule has 1 saturated carbocycles. The highest BCUT2D eigenvalue weighted by molar-refractivity contribution is 5.83. The lowest BCUT2D eigenvalue weighted by atomic mass is 10.1. The zero-order valence-corrected chi connectivity index (χ0v) is 18.2. The molecule has 1 N–H and O–H groups in total. The first-order valence-electron chi connectivity index (χ1n) is 11.3. The predicted octanol–water partition coefficient (Wildman–Crippen LogP) is 6.14. The molecule has 1 aliphatic carbocycles. The molecule has 0 unspecified atom stereocenters. The molecular weight excluding hydrogens is 372 g/mol. The van der Waals surface area contributed by atoms with Crippen LogP contribution in [0.25, 0.3) is 0 Å². The first kappa shape index (κ1) is 23.9. The van der Waals surface area contributed by atoms with Gasteiger partial charge in [0.05, 0.1) is 12.7 Å².